The minimum atomic E-state index is 0. The zero-order valence-electron chi connectivity index (χ0n) is 20.2. The van der Waals surface area contributed by atoms with Crippen molar-refractivity contribution in [1.82, 2.24) is 0 Å². The number of unbranched alkanes of at least 4 members (excludes halogenated alkanes) is 7. The number of nitrogens with zero attached hydrogens (tertiary/aromatic N) is 1. The highest BCUT2D eigenvalue weighted by atomic mass is 15.3. The number of quaternary nitrogens is 1. The summed E-state index contributed by atoms with van der Waals surface area (Å²) in [5.41, 5.74) is 3.36. The molecule has 0 saturated carbocycles. The lowest BCUT2D eigenvalue weighted by atomic mass is 9.81. The van der Waals surface area contributed by atoms with Gasteiger partial charge in [-0.05, 0) is 36.7 Å². The van der Waals surface area contributed by atoms with Crippen molar-refractivity contribution in [3.63, 3.8) is 0 Å². The van der Waals surface area contributed by atoms with Crippen LogP contribution in [0, 0.1) is 5.41 Å². The highest BCUT2D eigenvalue weighted by Gasteiger charge is 2.18. The molecule has 2 aromatic rings. The van der Waals surface area contributed by atoms with Crippen LogP contribution in [0.25, 0.3) is 0 Å². The molecule has 0 aliphatic rings. The van der Waals surface area contributed by atoms with Crippen LogP contribution in [0.15, 0.2) is 60.7 Å². The molecule has 174 valence electrons. The van der Waals surface area contributed by atoms with Gasteiger partial charge in [-0.3, -0.25) is 0 Å². The molecule has 0 radical (unpaired) electrons. The standard InChI is InChI=1S/C29H46N.CH4/c1-29(2,25-27-19-13-11-14-20-27)23-17-9-7-5-6-8-10-18-24-30(3,4)26-28-21-15-12-16-22-28;/h11-16,19-22H,5-10,17-18,23-26H2,1-4H3;1H4/q+1;. The molecule has 1 heteroatoms. The minimum absolute atomic E-state index is 0. The van der Waals surface area contributed by atoms with E-state index in [4.69, 9.17) is 0 Å². The van der Waals surface area contributed by atoms with Crippen LogP contribution >= 0.6 is 0 Å². The summed E-state index contributed by atoms with van der Waals surface area (Å²) in [6, 6.07) is 21.9. The van der Waals surface area contributed by atoms with E-state index in [1.54, 1.807) is 0 Å². The van der Waals surface area contributed by atoms with Crippen LogP contribution in [-0.4, -0.2) is 25.1 Å². The summed E-state index contributed by atoms with van der Waals surface area (Å²) in [5.74, 6) is 0. The molecule has 0 heterocycles. The van der Waals surface area contributed by atoms with Gasteiger partial charge in [-0.1, -0.05) is 120 Å². The Bertz CT molecular complexity index is 611. The van der Waals surface area contributed by atoms with Crippen molar-refractivity contribution in [2.75, 3.05) is 20.6 Å². The maximum Gasteiger partial charge on any atom is 0.104 e. The van der Waals surface area contributed by atoms with Crippen LogP contribution in [0.3, 0.4) is 0 Å². The normalized spacial score (nSPS) is 11.9. The van der Waals surface area contributed by atoms with E-state index < -0.39 is 0 Å². The van der Waals surface area contributed by atoms with Crippen molar-refractivity contribution in [3.05, 3.63) is 71.8 Å². The van der Waals surface area contributed by atoms with Gasteiger partial charge in [-0.15, -0.1) is 0 Å². The summed E-state index contributed by atoms with van der Waals surface area (Å²) in [5, 5.41) is 0. The van der Waals surface area contributed by atoms with Gasteiger partial charge in [0, 0.05) is 5.56 Å². The van der Waals surface area contributed by atoms with Crippen LogP contribution in [0.2, 0.25) is 0 Å². The highest BCUT2D eigenvalue weighted by Crippen LogP contribution is 2.28. The smallest absolute Gasteiger partial charge is 0.104 e. The summed E-state index contributed by atoms with van der Waals surface area (Å²) in [7, 11) is 4.73. The second kappa shape index (κ2) is 14.5. The first-order chi connectivity index (χ1) is 14.4. The maximum atomic E-state index is 2.43. The third kappa shape index (κ3) is 12.8. The van der Waals surface area contributed by atoms with Gasteiger partial charge < -0.3 is 4.48 Å². The molecule has 0 aliphatic carbocycles. The molecule has 0 bridgehead atoms. The fourth-order valence-electron chi connectivity index (χ4n) is 4.60. The molecule has 0 aromatic heterocycles. The third-order valence-electron chi connectivity index (χ3n) is 6.35. The van der Waals surface area contributed by atoms with E-state index in [-0.39, 0.29) is 7.43 Å². The zero-order valence-corrected chi connectivity index (χ0v) is 20.2. The lowest BCUT2D eigenvalue weighted by Crippen LogP contribution is -2.39. The van der Waals surface area contributed by atoms with Crippen LogP contribution in [0.1, 0.15) is 90.2 Å². The van der Waals surface area contributed by atoms with E-state index >= 15 is 0 Å². The Balaban J connectivity index is 0.00000480. The second-order valence-electron chi connectivity index (χ2n) is 10.7. The topological polar surface area (TPSA) is 0 Å². The molecule has 0 N–H and O–H groups in total. The summed E-state index contributed by atoms with van der Waals surface area (Å²) in [6.07, 6.45) is 13.7. The van der Waals surface area contributed by atoms with E-state index in [0.29, 0.717) is 5.41 Å². The molecular weight excluding hydrogens is 374 g/mol. The Morgan fingerprint density at radius 3 is 1.61 bits per heavy atom. The summed E-state index contributed by atoms with van der Waals surface area (Å²) in [6.45, 7) is 7.28. The summed E-state index contributed by atoms with van der Waals surface area (Å²) in [4.78, 5) is 0. The Morgan fingerprint density at radius 2 is 1.06 bits per heavy atom. The summed E-state index contributed by atoms with van der Waals surface area (Å²) < 4.78 is 1.10. The van der Waals surface area contributed by atoms with Gasteiger partial charge >= 0.3 is 0 Å². The Hall–Kier alpha value is -1.60. The van der Waals surface area contributed by atoms with Crippen molar-refractivity contribution in [2.24, 2.45) is 5.41 Å². The monoisotopic (exact) mass is 424 g/mol. The third-order valence-corrected chi connectivity index (χ3v) is 6.35. The van der Waals surface area contributed by atoms with E-state index in [1.807, 2.05) is 0 Å². The van der Waals surface area contributed by atoms with Gasteiger partial charge in [0.15, 0.2) is 0 Å². The Labute approximate surface area is 194 Å². The van der Waals surface area contributed by atoms with Crippen LogP contribution in [0.5, 0.6) is 0 Å². The predicted molar refractivity (Wildman–Crippen MR) is 139 cm³/mol. The number of hydrogen-bond acceptors (Lipinski definition) is 0. The summed E-state index contributed by atoms with van der Waals surface area (Å²) >= 11 is 0. The molecule has 0 fully saturated rings. The molecule has 0 atom stereocenters. The van der Waals surface area contributed by atoms with Gasteiger partial charge in [0.1, 0.15) is 6.54 Å². The van der Waals surface area contributed by atoms with Crippen molar-refractivity contribution in [3.8, 4) is 0 Å². The number of rotatable bonds is 15. The predicted octanol–water partition coefficient (Wildman–Crippen LogP) is 8.68. The van der Waals surface area contributed by atoms with E-state index in [0.717, 1.165) is 11.0 Å². The van der Waals surface area contributed by atoms with Crippen molar-refractivity contribution >= 4 is 0 Å². The SMILES string of the molecule is C.CC(C)(CCCCCCCCCC[N+](C)(C)Cc1ccccc1)Cc1ccccc1. The van der Waals surface area contributed by atoms with Crippen molar-refractivity contribution < 1.29 is 4.48 Å². The fourth-order valence-corrected chi connectivity index (χ4v) is 4.60. The van der Waals surface area contributed by atoms with E-state index in [1.165, 1.54) is 81.9 Å². The Morgan fingerprint density at radius 1 is 0.613 bits per heavy atom. The first kappa shape index (κ1) is 27.4. The average Bonchev–Trinajstić information content (AvgIpc) is 2.70. The van der Waals surface area contributed by atoms with Gasteiger partial charge in [-0.25, -0.2) is 0 Å². The van der Waals surface area contributed by atoms with Crippen molar-refractivity contribution in [1.29, 1.82) is 0 Å². The number of hydrogen-bond donors (Lipinski definition) is 0. The molecule has 0 unspecified atom stereocenters. The second-order valence-corrected chi connectivity index (χ2v) is 10.7. The molecule has 31 heavy (non-hydrogen) atoms. The van der Waals surface area contributed by atoms with Crippen LogP contribution < -0.4 is 0 Å². The van der Waals surface area contributed by atoms with Gasteiger partial charge in [0.2, 0.25) is 0 Å². The molecule has 2 rings (SSSR count). The van der Waals surface area contributed by atoms with Gasteiger partial charge in [0.05, 0.1) is 20.6 Å². The van der Waals surface area contributed by atoms with E-state index in [2.05, 4.69) is 88.6 Å². The first-order valence-electron chi connectivity index (χ1n) is 12.3. The molecule has 0 amide bonds. The van der Waals surface area contributed by atoms with Crippen LogP contribution in [-0.2, 0) is 13.0 Å². The molecule has 0 saturated heterocycles. The van der Waals surface area contributed by atoms with Crippen molar-refractivity contribution in [2.45, 2.75) is 92.0 Å². The van der Waals surface area contributed by atoms with Gasteiger partial charge in [-0.2, -0.15) is 0 Å². The maximum absolute atomic E-state index is 2.43. The quantitative estimate of drug-likeness (QED) is 0.198. The average molecular weight is 425 g/mol. The van der Waals surface area contributed by atoms with E-state index in [9.17, 15) is 0 Å². The molecule has 1 nitrogen and oxygen atoms in total. The minimum Gasteiger partial charge on any atom is -0.325 e. The van der Waals surface area contributed by atoms with Crippen LogP contribution in [0.4, 0.5) is 0 Å². The molecule has 0 aliphatic heterocycles. The largest absolute Gasteiger partial charge is 0.325 e. The highest BCUT2D eigenvalue weighted by molar-refractivity contribution is 5.16. The van der Waals surface area contributed by atoms with Gasteiger partial charge in [0.25, 0.3) is 0 Å². The molecule has 2 aromatic carbocycles. The lowest BCUT2D eigenvalue weighted by molar-refractivity contribution is -0.903. The molecule has 0 spiro atoms. The lowest BCUT2D eigenvalue weighted by Gasteiger charge is -2.30. The molecular formula is C30H50N+. The zero-order chi connectivity index (χ0) is 21.7. The Kier molecular flexibility index (Phi) is 12.8. The number of benzene rings is 2. The first-order valence-corrected chi connectivity index (χ1v) is 12.3. The fraction of sp³-hybridized carbons (Fsp3) is 0.600.